The number of hydrazone groups is 1. The molecule has 0 fully saturated rings. The molecule has 0 bridgehead atoms. The molecule has 2 N–H and O–H groups in total. The Morgan fingerprint density at radius 1 is 0.871 bits per heavy atom. The molecule has 0 aliphatic carbocycles. The Hall–Kier alpha value is -3.93. The van der Waals surface area contributed by atoms with E-state index in [4.69, 9.17) is 4.74 Å². The van der Waals surface area contributed by atoms with Gasteiger partial charge in [-0.15, -0.1) is 0 Å². The maximum atomic E-state index is 12.9. The van der Waals surface area contributed by atoms with Gasteiger partial charge >= 0.3 is 0 Å². The zero-order valence-electron chi connectivity index (χ0n) is 17.5. The van der Waals surface area contributed by atoms with Crippen LogP contribution in [0.15, 0.2) is 90.0 Å². The maximum absolute atomic E-state index is 12.9. The van der Waals surface area contributed by atoms with Gasteiger partial charge in [-0.2, -0.15) is 5.10 Å². The average molecular weight is 415 g/mol. The van der Waals surface area contributed by atoms with E-state index in [-0.39, 0.29) is 12.5 Å². The van der Waals surface area contributed by atoms with Gasteiger partial charge < -0.3 is 10.1 Å². The predicted molar refractivity (Wildman–Crippen MR) is 121 cm³/mol. The van der Waals surface area contributed by atoms with E-state index < -0.39 is 11.8 Å². The molecule has 6 heteroatoms. The van der Waals surface area contributed by atoms with Crippen molar-refractivity contribution in [2.45, 2.75) is 12.8 Å². The molecule has 3 rings (SSSR count). The zero-order chi connectivity index (χ0) is 22.1. The third kappa shape index (κ3) is 6.02. The fraction of sp³-hybridized carbons (Fsp3) is 0.160. The molecule has 0 aliphatic heterocycles. The number of carbonyl (C=O) groups is 2. The van der Waals surface area contributed by atoms with E-state index in [0.717, 1.165) is 22.4 Å². The number of hydrogen-bond acceptors (Lipinski definition) is 4. The van der Waals surface area contributed by atoms with Crippen molar-refractivity contribution in [3.05, 3.63) is 102 Å². The van der Waals surface area contributed by atoms with E-state index in [0.29, 0.717) is 5.71 Å². The van der Waals surface area contributed by atoms with Gasteiger partial charge in [-0.25, -0.2) is 5.43 Å². The van der Waals surface area contributed by atoms with Gasteiger partial charge in [0.1, 0.15) is 5.75 Å². The van der Waals surface area contributed by atoms with Crippen molar-refractivity contribution in [3.8, 4) is 5.75 Å². The zero-order valence-corrected chi connectivity index (χ0v) is 17.5. The van der Waals surface area contributed by atoms with Crippen molar-refractivity contribution >= 4 is 17.5 Å². The fourth-order valence-corrected chi connectivity index (χ4v) is 3.14. The molecule has 3 aromatic rings. The van der Waals surface area contributed by atoms with Crippen molar-refractivity contribution in [2.75, 3.05) is 13.7 Å². The van der Waals surface area contributed by atoms with Gasteiger partial charge in [0.25, 0.3) is 5.91 Å². The van der Waals surface area contributed by atoms with Gasteiger partial charge in [0.15, 0.2) is 0 Å². The lowest BCUT2D eigenvalue weighted by Gasteiger charge is -2.17. The van der Waals surface area contributed by atoms with Crippen LogP contribution in [-0.4, -0.2) is 31.2 Å². The van der Waals surface area contributed by atoms with E-state index in [1.54, 1.807) is 14.0 Å². The van der Waals surface area contributed by atoms with Crippen molar-refractivity contribution in [2.24, 2.45) is 5.10 Å². The van der Waals surface area contributed by atoms with Gasteiger partial charge in [-0.3, -0.25) is 9.59 Å². The highest BCUT2D eigenvalue weighted by molar-refractivity contribution is 5.99. The molecule has 2 amide bonds. The van der Waals surface area contributed by atoms with Crippen LogP contribution in [-0.2, 0) is 9.59 Å². The molecular weight excluding hydrogens is 390 g/mol. The second-order valence-corrected chi connectivity index (χ2v) is 6.93. The van der Waals surface area contributed by atoms with E-state index >= 15 is 0 Å². The lowest BCUT2D eigenvalue weighted by molar-refractivity contribution is -0.126. The minimum absolute atomic E-state index is 0.172. The summed E-state index contributed by atoms with van der Waals surface area (Å²) in [5.74, 6) is -0.404. The molecule has 6 nitrogen and oxygen atoms in total. The number of methoxy groups -OCH3 is 1. The predicted octanol–water partition coefficient (Wildman–Crippen LogP) is 3.48. The van der Waals surface area contributed by atoms with Crippen LogP contribution in [0.5, 0.6) is 5.75 Å². The van der Waals surface area contributed by atoms with Crippen molar-refractivity contribution in [3.63, 3.8) is 0 Å². The number of nitrogens with one attached hydrogen (secondary N) is 2. The summed E-state index contributed by atoms with van der Waals surface area (Å²) < 4.78 is 5.13. The summed E-state index contributed by atoms with van der Waals surface area (Å²) in [4.78, 5) is 25.2. The van der Waals surface area contributed by atoms with Gasteiger partial charge in [-0.05, 0) is 47.9 Å². The Kier molecular flexibility index (Phi) is 7.54. The molecular formula is C25H25N3O3. The number of nitrogens with zero attached hydrogens (tertiary/aromatic N) is 1. The Balaban J connectivity index is 1.62. The maximum Gasteiger partial charge on any atom is 0.259 e. The van der Waals surface area contributed by atoms with Crippen molar-refractivity contribution < 1.29 is 14.3 Å². The first-order valence-corrected chi connectivity index (χ1v) is 9.93. The average Bonchev–Trinajstić information content (AvgIpc) is 2.83. The minimum Gasteiger partial charge on any atom is -0.497 e. The third-order valence-corrected chi connectivity index (χ3v) is 4.81. The molecule has 0 aliphatic rings. The lowest BCUT2D eigenvalue weighted by atomic mass is 9.90. The van der Waals surface area contributed by atoms with Crippen LogP contribution in [0, 0.1) is 0 Å². The van der Waals surface area contributed by atoms with Crippen LogP contribution in [0.1, 0.15) is 29.5 Å². The summed E-state index contributed by atoms with van der Waals surface area (Å²) in [7, 11) is 1.60. The molecule has 0 radical (unpaired) electrons. The van der Waals surface area contributed by atoms with Crippen LogP contribution in [0.3, 0.4) is 0 Å². The summed E-state index contributed by atoms with van der Waals surface area (Å²) in [6.07, 6.45) is 0. The molecule has 158 valence electrons. The Labute approximate surface area is 182 Å². The van der Waals surface area contributed by atoms with Gasteiger partial charge in [0.2, 0.25) is 5.91 Å². The standard InChI is InChI=1S/C25H25N3O3/c1-18(19-13-15-22(31-2)16-14-19)27-28-23(29)17-26-25(30)24(20-9-5-3-6-10-20)21-11-7-4-8-12-21/h3-16,24H,17H2,1-2H3,(H,26,30)(H,28,29)/b27-18-. The minimum atomic E-state index is -0.500. The number of hydrogen-bond donors (Lipinski definition) is 2. The Morgan fingerprint density at radius 2 is 1.42 bits per heavy atom. The number of carbonyl (C=O) groups excluding carboxylic acids is 2. The highest BCUT2D eigenvalue weighted by Crippen LogP contribution is 2.24. The molecule has 0 saturated heterocycles. The van der Waals surface area contributed by atoms with Gasteiger partial charge in [0, 0.05) is 0 Å². The second kappa shape index (κ2) is 10.7. The highest BCUT2D eigenvalue weighted by Gasteiger charge is 2.22. The summed E-state index contributed by atoms with van der Waals surface area (Å²) >= 11 is 0. The molecule has 0 saturated carbocycles. The number of ether oxygens (including phenoxy) is 1. The quantitative estimate of drug-likeness (QED) is 0.437. The summed E-state index contributed by atoms with van der Waals surface area (Å²) in [5.41, 5.74) is 5.72. The molecule has 0 spiro atoms. The van der Waals surface area contributed by atoms with Crippen LogP contribution < -0.4 is 15.5 Å². The third-order valence-electron chi connectivity index (χ3n) is 4.81. The fourth-order valence-electron chi connectivity index (χ4n) is 3.14. The van der Waals surface area contributed by atoms with Crippen molar-refractivity contribution in [1.29, 1.82) is 0 Å². The largest absolute Gasteiger partial charge is 0.497 e. The SMILES string of the molecule is COc1ccc(/C(C)=N\NC(=O)CNC(=O)C(c2ccccc2)c2ccccc2)cc1. The Bertz CT molecular complexity index is 993. The smallest absolute Gasteiger partial charge is 0.259 e. The Morgan fingerprint density at radius 3 is 1.94 bits per heavy atom. The molecule has 0 heterocycles. The van der Waals surface area contributed by atoms with Crippen molar-refractivity contribution in [1.82, 2.24) is 10.7 Å². The van der Waals surface area contributed by atoms with E-state index in [1.165, 1.54) is 0 Å². The van der Waals surface area contributed by atoms with Crippen LogP contribution in [0.25, 0.3) is 0 Å². The summed E-state index contributed by atoms with van der Waals surface area (Å²) in [5, 5.41) is 6.84. The lowest BCUT2D eigenvalue weighted by Crippen LogP contribution is -2.38. The summed E-state index contributed by atoms with van der Waals surface area (Å²) in [6, 6.07) is 26.3. The number of benzene rings is 3. The van der Waals surface area contributed by atoms with Crippen LogP contribution in [0.2, 0.25) is 0 Å². The molecule has 0 aromatic heterocycles. The highest BCUT2D eigenvalue weighted by atomic mass is 16.5. The topological polar surface area (TPSA) is 79.8 Å². The first-order chi connectivity index (χ1) is 15.1. The second-order valence-electron chi connectivity index (χ2n) is 6.93. The normalized spacial score (nSPS) is 11.1. The molecule has 0 atom stereocenters. The van der Waals surface area contributed by atoms with E-state index in [1.807, 2.05) is 84.9 Å². The first-order valence-electron chi connectivity index (χ1n) is 9.93. The van der Waals surface area contributed by atoms with Crippen LogP contribution >= 0.6 is 0 Å². The number of amides is 2. The van der Waals surface area contributed by atoms with Gasteiger partial charge in [0.05, 0.1) is 25.3 Å². The van der Waals surface area contributed by atoms with Gasteiger partial charge in [-0.1, -0.05) is 60.7 Å². The summed E-state index contributed by atoms with van der Waals surface area (Å²) in [6.45, 7) is 1.62. The van der Waals surface area contributed by atoms with E-state index in [9.17, 15) is 9.59 Å². The molecule has 0 unspecified atom stereocenters. The number of rotatable bonds is 8. The monoisotopic (exact) mass is 415 g/mol. The van der Waals surface area contributed by atoms with E-state index in [2.05, 4.69) is 15.8 Å². The van der Waals surface area contributed by atoms with Crippen LogP contribution in [0.4, 0.5) is 0 Å². The molecule has 31 heavy (non-hydrogen) atoms. The first kappa shape index (κ1) is 21.8. The molecule has 3 aromatic carbocycles.